The molecule has 0 saturated heterocycles. The molecule has 2 heterocycles. The van der Waals surface area contributed by atoms with Gasteiger partial charge in [0.25, 0.3) is 5.91 Å². The first-order valence-electron chi connectivity index (χ1n) is 8.44. The zero-order valence-electron chi connectivity index (χ0n) is 13.6. The average Bonchev–Trinajstić information content (AvgIpc) is 2.92. The molecule has 120 valence electrons. The zero-order chi connectivity index (χ0) is 16.0. The van der Waals surface area contributed by atoms with Crippen LogP contribution in [0, 0.1) is 12.8 Å². The van der Waals surface area contributed by atoms with Crippen LogP contribution in [0.5, 0.6) is 0 Å². The van der Waals surface area contributed by atoms with Crippen molar-refractivity contribution in [3.8, 4) is 0 Å². The van der Waals surface area contributed by atoms with Crippen LogP contribution in [-0.4, -0.2) is 5.91 Å². The van der Waals surface area contributed by atoms with Gasteiger partial charge in [-0.3, -0.25) is 4.79 Å². The summed E-state index contributed by atoms with van der Waals surface area (Å²) in [4.78, 5) is 14.1. The number of amides is 1. The minimum absolute atomic E-state index is 0.0828. The van der Waals surface area contributed by atoms with Crippen molar-refractivity contribution in [2.75, 3.05) is 5.32 Å². The van der Waals surface area contributed by atoms with Gasteiger partial charge in [0.15, 0.2) is 0 Å². The van der Waals surface area contributed by atoms with Crippen molar-refractivity contribution in [3.05, 3.63) is 51.4 Å². The molecule has 1 aliphatic carbocycles. The summed E-state index contributed by atoms with van der Waals surface area (Å²) in [7, 11) is 0. The van der Waals surface area contributed by atoms with E-state index in [1.54, 1.807) is 11.3 Å². The number of carbonyl (C=O) groups is 1. The zero-order valence-corrected chi connectivity index (χ0v) is 14.4. The Hall–Kier alpha value is -1.81. The van der Waals surface area contributed by atoms with Gasteiger partial charge in [-0.15, -0.1) is 11.3 Å². The van der Waals surface area contributed by atoms with Crippen LogP contribution in [0.15, 0.2) is 24.3 Å². The smallest absolute Gasteiger partial charge is 0.256 e. The van der Waals surface area contributed by atoms with Crippen molar-refractivity contribution in [2.24, 2.45) is 5.92 Å². The molecule has 0 saturated carbocycles. The Labute approximate surface area is 141 Å². The van der Waals surface area contributed by atoms with Crippen LogP contribution in [0.3, 0.4) is 0 Å². The number of thiophene rings is 1. The number of hydrogen-bond donors (Lipinski definition) is 2. The predicted molar refractivity (Wildman–Crippen MR) is 95.1 cm³/mol. The molecule has 0 fully saturated rings. The molecule has 2 N–H and O–H groups in total. The Morgan fingerprint density at radius 2 is 2.09 bits per heavy atom. The number of anilines is 1. The van der Waals surface area contributed by atoms with Crippen LogP contribution >= 0.6 is 11.3 Å². The number of carbonyl (C=O) groups excluding carboxylic acids is 1. The molecule has 0 unspecified atom stereocenters. The van der Waals surface area contributed by atoms with E-state index in [0.717, 1.165) is 34.9 Å². The topological polar surface area (TPSA) is 41.1 Å². The van der Waals surface area contributed by atoms with Gasteiger partial charge in [-0.25, -0.2) is 0 Å². The van der Waals surface area contributed by atoms with E-state index in [-0.39, 0.29) is 12.1 Å². The van der Waals surface area contributed by atoms with Gasteiger partial charge < -0.3 is 10.6 Å². The molecule has 4 heteroatoms. The summed E-state index contributed by atoms with van der Waals surface area (Å²) >= 11 is 1.79. The van der Waals surface area contributed by atoms with Gasteiger partial charge >= 0.3 is 0 Å². The molecule has 3 nitrogen and oxygen atoms in total. The minimum atomic E-state index is -0.127. The highest BCUT2D eigenvalue weighted by molar-refractivity contribution is 7.16. The third kappa shape index (κ3) is 2.45. The fraction of sp³-hybridized carbons (Fsp3) is 0.421. The Morgan fingerprint density at radius 3 is 2.87 bits per heavy atom. The molecule has 1 aromatic heterocycles. The van der Waals surface area contributed by atoms with Gasteiger partial charge in [0.1, 0.15) is 11.2 Å². The van der Waals surface area contributed by atoms with E-state index in [1.807, 2.05) is 12.1 Å². The lowest BCUT2D eigenvalue weighted by Gasteiger charge is -2.28. The Morgan fingerprint density at radius 1 is 1.26 bits per heavy atom. The van der Waals surface area contributed by atoms with Crippen molar-refractivity contribution in [1.82, 2.24) is 5.32 Å². The van der Waals surface area contributed by atoms with Gasteiger partial charge in [-0.2, -0.15) is 0 Å². The standard InChI is InChI=1S/C19H22N2OS/c1-3-12-8-9-14-15(10-12)23-19-16(14)18(22)20-17(21-19)13-7-5-4-6-11(13)2/h4-7,12,17,21H,3,8-10H2,1-2H3,(H,20,22)/t12-,17+/m0/s1. The van der Waals surface area contributed by atoms with E-state index in [2.05, 4.69) is 36.6 Å². The monoisotopic (exact) mass is 326 g/mol. The molecular weight excluding hydrogens is 304 g/mol. The highest BCUT2D eigenvalue weighted by Gasteiger charge is 2.33. The maximum Gasteiger partial charge on any atom is 0.256 e. The van der Waals surface area contributed by atoms with E-state index in [1.165, 1.54) is 28.8 Å². The van der Waals surface area contributed by atoms with Crippen LogP contribution in [0.2, 0.25) is 0 Å². The average molecular weight is 326 g/mol. The predicted octanol–water partition coefficient (Wildman–Crippen LogP) is 4.43. The molecular formula is C19H22N2OS. The van der Waals surface area contributed by atoms with Crippen LogP contribution in [0.25, 0.3) is 0 Å². The van der Waals surface area contributed by atoms with E-state index >= 15 is 0 Å². The molecule has 0 spiro atoms. The molecule has 2 aromatic rings. The highest BCUT2D eigenvalue weighted by atomic mass is 32.1. The lowest BCUT2D eigenvalue weighted by molar-refractivity contribution is 0.0935. The summed E-state index contributed by atoms with van der Waals surface area (Å²) in [6.07, 6.45) is 4.49. The maximum atomic E-state index is 12.7. The fourth-order valence-electron chi connectivity index (χ4n) is 3.78. The fourth-order valence-corrected chi connectivity index (χ4v) is 5.17. The van der Waals surface area contributed by atoms with Crippen molar-refractivity contribution < 1.29 is 4.79 Å². The van der Waals surface area contributed by atoms with Crippen molar-refractivity contribution in [3.63, 3.8) is 0 Å². The second kappa shape index (κ2) is 5.68. The van der Waals surface area contributed by atoms with Crippen LogP contribution in [-0.2, 0) is 12.8 Å². The molecule has 2 aliphatic rings. The van der Waals surface area contributed by atoms with Crippen molar-refractivity contribution >= 4 is 22.2 Å². The van der Waals surface area contributed by atoms with Gasteiger partial charge in [-0.05, 0) is 48.8 Å². The molecule has 23 heavy (non-hydrogen) atoms. The molecule has 0 radical (unpaired) electrons. The second-order valence-electron chi connectivity index (χ2n) is 6.63. The van der Waals surface area contributed by atoms with Crippen LogP contribution < -0.4 is 10.6 Å². The number of rotatable bonds is 2. The van der Waals surface area contributed by atoms with Crippen molar-refractivity contribution in [2.45, 2.75) is 45.7 Å². The molecule has 1 aromatic carbocycles. The van der Waals surface area contributed by atoms with Gasteiger partial charge in [-0.1, -0.05) is 37.6 Å². The third-order valence-corrected chi connectivity index (χ3v) is 6.41. The van der Waals surface area contributed by atoms with E-state index in [0.29, 0.717) is 0 Å². The van der Waals surface area contributed by atoms with E-state index in [4.69, 9.17) is 0 Å². The maximum absolute atomic E-state index is 12.7. The molecule has 4 rings (SSSR count). The number of hydrogen-bond acceptors (Lipinski definition) is 3. The normalized spacial score (nSPS) is 22.8. The van der Waals surface area contributed by atoms with Gasteiger partial charge in [0.05, 0.1) is 5.56 Å². The number of aryl methyl sites for hydroxylation is 1. The second-order valence-corrected chi connectivity index (χ2v) is 7.74. The minimum Gasteiger partial charge on any atom is -0.353 e. The summed E-state index contributed by atoms with van der Waals surface area (Å²) in [5.41, 5.74) is 4.54. The van der Waals surface area contributed by atoms with Crippen LogP contribution in [0.4, 0.5) is 5.00 Å². The quantitative estimate of drug-likeness (QED) is 0.857. The number of benzene rings is 1. The summed E-state index contributed by atoms with van der Waals surface area (Å²) < 4.78 is 0. The third-order valence-electron chi connectivity index (χ3n) is 5.22. The Kier molecular flexibility index (Phi) is 3.64. The first-order valence-corrected chi connectivity index (χ1v) is 9.26. The molecule has 1 amide bonds. The van der Waals surface area contributed by atoms with E-state index < -0.39 is 0 Å². The Balaban J connectivity index is 1.69. The summed E-state index contributed by atoms with van der Waals surface area (Å²) in [6.45, 7) is 4.35. The Bertz CT molecular complexity index is 765. The summed E-state index contributed by atoms with van der Waals surface area (Å²) in [5.74, 6) is 0.859. The summed E-state index contributed by atoms with van der Waals surface area (Å²) in [5, 5.41) is 7.77. The number of fused-ring (bicyclic) bond motifs is 3. The summed E-state index contributed by atoms with van der Waals surface area (Å²) in [6, 6.07) is 8.23. The number of nitrogens with one attached hydrogen (secondary N) is 2. The molecule has 0 bridgehead atoms. The molecule has 1 aliphatic heterocycles. The van der Waals surface area contributed by atoms with Crippen LogP contribution in [0.1, 0.15) is 57.9 Å². The van der Waals surface area contributed by atoms with Gasteiger partial charge in [0.2, 0.25) is 0 Å². The lowest BCUT2D eigenvalue weighted by Crippen LogP contribution is -2.38. The SMILES string of the molecule is CC[C@H]1CCc2c(sc3c2C(=O)N[C@@H](c2ccccc2C)N3)C1. The first kappa shape index (κ1) is 14.8. The highest BCUT2D eigenvalue weighted by Crippen LogP contribution is 2.43. The lowest BCUT2D eigenvalue weighted by atomic mass is 9.85. The molecule has 2 atom stereocenters. The van der Waals surface area contributed by atoms with Gasteiger partial charge in [0, 0.05) is 4.88 Å². The van der Waals surface area contributed by atoms with Crippen molar-refractivity contribution in [1.29, 1.82) is 0 Å². The largest absolute Gasteiger partial charge is 0.353 e. The first-order chi connectivity index (χ1) is 11.2. The van der Waals surface area contributed by atoms with E-state index in [9.17, 15) is 4.79 Å².